The molecule has 1 aromatic carbocycles. The van der Waals surface area contributed by atoms with Gasteiger partial charge in [-0.25, -0.2) is 8.42 Å². The molecular weight excluding hydrogens is 262 g/mol. The second kappa shape index (κ2) is 6.84. The van der Waals surface area contributed by atoms with Crippen LogP contribution in [0.4, 0.5) is 0 Å². The van der Waals surface area contributed by atoms with Crippen LogP contribution in [-0.2, 0) is 23.1 Å². The van der Waals surface area contributed by atoms with Gasteiger partial charge in [-0.3, -0.25) is 0 Å². The van der Waals surface area contributed by atoms with Gasteiger partial charge in [-0.15, -0.1) is 6.58 Å². The molecule has 0 atom stereocenters. The molecule has 0 bridgehead atoms. The van der Waals surface area contributed by atoms with E-state index in [0.29, 0.717) is 12.1 Å². The number of hydrogen-bond acceptors (Lipinski definition) is 3. The van der Waals surface area contributed by atoms with Crippen molar-refractivity contribution in [2.45, 2.75) is 31.8 Å². The molecule has 106 valence electrons. The van der Waals surface area contributed by atoms with Gasteiger partial charge in [0.25, 0.3) is 0 Å². The Hall–Kier alpha value is -1.17. The second-order valence-electron chi connectivity index (χ2n) is 4.19. The molecular formula is C14H21NO3S. The van der Waals surface area contributed by atoms with Gasteiger partial charge in [0.05, 0.1) is 11.5 Å². The molecule has 0 spiro atoms. The van der Waals surface area contributed by atoms with Crippen molar-refractivity contribution in [2.24, 2.45) is 0 Å². The summed E-state index contributed by atoms with van der Waals surface area (Å²) >= 11 is 0. The molecule has 1 rings (SSSR count). The zero-order valence-electron chi connectivity index (χ0n) is 11.5. The molecule has 5 heteroatoms. The maximum absolute atomic E-state index is 12.4. The number of aryl methyl sites for hydroxylation is 1. The Kier molecular flexibility index (Phi) is 5.72. The van der Waals surface area contributed by atoms with Gasteiger partial charge < -0.3 is 5.11 Å². The van der Waals surface area contributed by atoms with Crippen LogP contribution in [0, 0.1) is 0 Å². The van der Waals surface area contributed by atoms with Crippen LogP contribution >= 0.6 is 0 Å². The average Bonchev–Trinajstić information content (AvgIpc) is 2.43. The molecule has 0 heterocycles. The van der Waals surface area contributed by atoms with Crippen LogP contribution in [0.1, 0.15) is 25.0 Å². The monoisotopic (exact) mass is 283 g/mol. The lowest BCUT2D eigenvalue weighted by Gasteiger charge is -2.19. The van der Waals surface area contributed by atoms with Gasteiger partial charge in [-0.05, 0) is 29.7 Å². The third-order valence-electron chi connectivity index (χ3n) is 3.05. The van der Waals surface area contributed by atoms with Gasteiger partial charge in [0.1, 0.15) is 0 Å². The summed E-state index contributed by atoms with van der Waals surface area (Å²) in [5, 5.41) is 9.31. The second-order valence-corrected chi connectivity index (χ2v) is 6.12. The number of aliphatic hydroxyl groups is 1. The number of aliphatic hydroxyl groups excluding tert-OH is 1. The molecule has 0 aliphatic carbocycles. The summed E-state index contributed by atoms with van der Waals surface area (Å²) in [6, 6.07) is 4.92. The smallest absolute Gasteiger partial charge is 0.243 e. The van der Waals surface area contributed by atoms with Crippen LogP contribution < -0.4 is 0 Å². The van der Waals surface area contributed by atoms with E-state index in [2.05, 4.69) is 6.58 Å². The topological polar surface area (TPSA) is 57.6 Å². The molecule has 0 aromatic heterocycles. The minimum atomic E-state index is -3.52. The van der Waals surface area contributed by atoms with Crippen molar-refractivity contribution in [3.63, 3.8) is 0 Å². The van der Waals surface area contributed by atoms with E-state index in [1.165, 1.54) is 4.31 Å². The summed E-state index contributed by atoms with van der Waals surface area (Å²) in [6.45, 7) is 7.84. The van der Waals surface area contributed by atoms with Gasteiger partial charge in [0.15, 0.2) is 0 Å². The fraction of sp³-hybridized carbons (Fsp3) is 0.429. The largest absolute Gasteiger partial charge is 0.392 e. The van der Waals surface area contributed by atoms with Crippen molar-refractivity contribution in [2.75, 3.05) is 13.1 Å². The lowest BCUT2D eigenvalue weighted by atomic mass is 10.1. The zero-order chi connectivity index (χ0) is 14.5. The Balaban J connectivity index is 3.24. The standard InChI is InChI=1S/C14H21NO3S/c1-4-9-15(6-3)19(17,18)14-8-7-12(5-2)13(10-14)11-16/h4,7-8,10,16H,1,5-6,9,11H2,2-3H3. The number of hydrogen-bond donors (Lipinski definition) is 1. The Morgan fingerprint density at radius 2 is 2.00 bits per heavy atom. The van der Waals surface area contributed by atoms with Crippen LogP contribution in [0.15, 0.2) is 35.7 Å². The number of nitrogens with zero attached hydrogens (tertiary/aromatic N) is 1. The van der Waals surface area contributed by atoms with Crippen molar-refractivity contribution in [3.8, 4) is 0 Å². The molecule has 0 aliphatic heterocycles. The molecule has 0 saturated heterocycles. The Bertz CT molecular complexity index is 538. The normalized spacial score (nSPS) is 11.8. The van der Waals surface area contributed by atoms with E-state index in [9.17, 15) is 13.5 Å². The molecule has 1 aromatic rings. The first-order valence-corrected chi connectivity index (χ1v) is 7.78. The first-order chi connectivity index (χ1) is 9.01. The van der Waals surface area contributed by atoms with Gasteiger partial charge in [0.2, 0.25) is 10.0 Å². The van der Waals surface area contributed by atoms with E-state index in [1.807, 2.05) is 6.92 Å². The average molecular weight is 283 g/mol. The maximum Gasteiger partial charge on any atom is 0.243 e. The summed E-state index contributed by atoms with van der Waals surface area (Å²) in [6.07, 6.45) is 2.33. The number of sulfonamides is 1. The molecule has 0 saturated carbocycles. The Labute approximate surface area is 115 Å². The summed E-state index contributed by atoms with van der Waals surface area (Å²) in [5.74, 6) is 0. The first-order valence-electron chi connectivity index (χ1n) is 6.34. The Morgan fingerprint density at radius 1 is 1.32 bits per heavy atom. The minimum absolute atomic E-state index is 0.153. The van der Waals surface area contributed by atoms with Crippen molar-refractivity contribution >= 4 is 10.0 Å². The maximum atomic E-state index is 12.4. The van der Waals surface area contributed by atoms with Crippen LogP contribution in [0.25, 0.3) is 0 Å². The third-order valence-corrected chi connectivity index (χ3v) is 4.99. The van der Waals surface area contributed by atoms with Gasteiger partial charge in [-0.1, -0.05) is 26.0 Å². The number of likely N-dealkylation sites (N-methyl/N-ethyl adjacent to an activating group) is 1. The van der Waals surface area contributed by atoms with E-state index in [0.717, 1.165) is 12.0 Å². The number of rotatable bonds is 7. The van der Waals surface area contributed by atoms with Gasteiger partial charge in [0, 0.05) is 13.1 Å². The van der Waals surface area contributed by atoms with E-state index >= 15 is 0 Å². The minimum Gasteiger partial charge on any atom is -0.392 e. The third kappa shape index (κ3) is 3.43. The van der Waals surface area contributed by atoms with Crippen molar-refractivity contribution < 1.29 is 13.5 Å². The SMILES string of the molecule is C=CCN(CC)S(=O)(=O)c1ccc(CC)c(CO)c1. The fourth-order valence-corrected chi connectivity index (χ4v) is 3.42. The highest BCUT2D eigenvalue weighted by molar-refractivity contribution is 7.89. The molecule has 0 aliphatic rings. The highest BCUT2D eigenvalue weighted by Gasteiger charge is 2.22. The van der Waals surface area contributed by atoms with E-state index in [-0.39, 0.29) is 18.0 Å². The summed E-state index contributed by atoms with van der Waals surface area (Å²) in [4.78, 5) is 0.220. The van der Waals surface area contributed by atoms with E-state index in [1.54, 1.807) is 31.2 Å². The summed E-state index contributed by atoms with van der Waals surface area (Å²) in [5.41, 5.74) is 1.63. The van der Waals surface area contributed by atoms with Crippen molar-refractivity contribution in [1.29, 1.82) is 0 Å². The van der Waals surface area contributed by atoms with Crippen molar-refractivity contribution in [1.82, 2.24) is 4.31 Å². The molecule has 0 radical (unpaired) electrons. The summed E-state index contributed by atoms with van der Waals surface area (Å²) in [7, 11) is -3.52. The molecule has 1 N–H and O–H groups in total. The highest BCUT2D eigenvalue weighted by atomic mass is 32.2. The molecule has 0 amide bonds. The predicted octanol–water partition coefficient (Wildman–Crippen LogP) is 1.94. The molecule has 0 fully saturated rings. The molecule has 0 unspecified atom stereocenters. The van der Waals surface area contributed by atoms with Gasteiger partial charge >= 0.3 is 0 Å². The molecule has 19 heavy (non-hydrogen) atoms. The quantitative estimate of drug-likeness (QED) is 0.778. The van der Waals surface area contributed by atoms with Gasteiger partial charge in [-0.2, -0.15) is 4.31 Å². The van der Waals surface area contributed by atoms with E-state index in [4.69, 9.17) is 0 Å². The van der Waals surface area contributed by atoms with Crippen molar-refractivity contribution in [3.05, 3.63) is 42.0 Å². The Morgan fingerprint density at radius 3 is 2.47 bits per heavy atom. The lowest BCUT2D eigenvalue weighted by Crippen LogP contribution is -2.31. The number of benzene rings is 1. The van der Waals surface area contributed by atoms with E-state index < -0.39 is 10.0 Å². The fourth-order valence-electron chi connectivity index (χ4n) is 1.95. The van der Waals surface area contributed by atoms with Crippen LogP contribution in [0.5, 0.6) is 0 Å². The molecule has 4 nitrogen and oxygen atoms in total. The van der Waals surface area contributed by atoms with Crippen LogP contribution in [-0.4, -0.2) is 30.9 Å². The predicted molar refractivity (Wildman–Crippen MR) is 76.4 cm³/mol. The van der Waals surface area contributed by atoms with Crippen LogP contribution in [0.2, 0.25) is 0 Å². The first kappa shape index (κ1) is 15.9. The lowest BCUT2D eigenvalue weighted by molar-refractivity contribution is 0.280. The summed E-state index contributed by atoms with van der Waals surface area (Å²) < 4.78 is 26.2. The zero-order valence-corrected chi connectivity index (χ0v) is 12.3. The highest BCUT2D eigenvalue weighted by Crippen LogP contribution is 2.20. The van der Waals surface area contributed by atoms with Crippen LogP contribution in [0.3, 0.4) is 0 Å².